The van der Waals surface area contributed by atoms with Gasteiger partial charge >= 0.3 is 0 Å². The number of carbonyl (C=O) groups excluding carboxylic acids is 1. The van der Waals surface area contributed by atoms with Crippen molar-refractivity contribution in [2.24, 2.45) is 0 Å². The predicted molar refractivity (Wildman–Crippen MR) is 76.9 cm³/mol. The van der Waals surface area contributed by atoms with E-state index >= 15 is 0 Å². The number of hydrogen-bond acceptors (Lipinski definition) is 3. The van der Waals surface area contributed by atoms with E-state index in [9.17, 15) is 4.79 Å². The molecule has 1 heterocycles. The average molecular weight is 294 g/mol. The van der Waals surface area contributed by atoms with E-state index in [0.29, 0.717) is 16.5 Å². The maximum absolute atomic E-state index is 11.9. The van der Waals surface area contributed by atoms with Crippen LogP contribution in [0.3, 0.4) is 0 Å². The van der Waals surface area contributed by atoms with Crippen molar-refractivity contribution in [1.29, 1.82) is 0 Å². The number of ether oxygens (including phenoxy) is 1. The van der Waals surface area contributed by atoms with Crippen molar-refractivity contribution in [2.75, 3.05) is 0 Å². The second-order valence-corrected chi connectivity index (χ2v) is 5.01. The zero-order valence-electron chi connectivity index (χ0n) is 11.3. The first-order chi connectivity index (χ1) is 9.56. The maximum atomic E-state index is 11.9. The Hall–Kier alpha value is -2.01. The first-order valence-electron chi connectivity index (χ1n) is 6.27. The van der Waals surface area contributed by atoms with Crippen molar-refractivity contribution in [3.05, 3.63) is 47.2 Å². The number of carbonyl (C=O) groups is 1. The van der Waals surface area contributed by atoms with Gasteiger partial charge in [0.05, 0.1) is 0 Å². The number of rotatable bonds is 5. The van der Waals surface area contributed by atoms with Crippen LogP contribution >= 0.6 is 11.6 Å². The van der Waals surface area contributed by atoms with E-state index in [4.69, 9.17) is 16.3 Å². The van der Waals surface area contributed by atoms with Crippen molar-refractivity contribution in [3.8, 4) is 5.75 Å². The molecule has 0 atom stereocenters. The second kappa shape index (κ2) is 6.43. The zero-order valence-corrected chi connectivity index (χ0v) is 12.1. The predicted octanol–water partition coefficient (Wildman–Crippen LogP) is 2.71. The van der Waals surface area contributed by atoms with Crippen molar-refractivity contribution in [2.45, 2.75) is 26.6 Å². The van der Waals surface area contributed by atoms with Gasteiger partial charge in [0.1, 0.15) is 11.4 Å². The van der Waals surface area contributed by atoms with Gasteiger partial charge in [-0.1, -0.05) is 11.6 Å². The first-order valence-corrected chi connectivity index (χ1v) is 6.65. The lowest BCUT2D eigenvalue weighted by Gasteiger charge is -2.11. The molecular weight excluding hydrogens is 278 g/mol. The molecule has 0 fully saturated rings. The fourth-order valence-electron chi connectivity index (χ4n) is 1.63. The minimum absolute atomic E-state index is 0.0723. The van der Waals surface area contributed by atoms with Gasteiger partial charge in [-0.25, -0.2) is 4.68 Å². The van der Waals surface area contributed by atoms with Crippen LogP contribution in [0.1, 0.15) is 24.3 Å². The molecule has 0 unspecified atom stereocenters. The van der Waals surface area contributed by atoms with Crippen LogP contribution in [0.5, 0.6) is 5.75 Å². The highest BCUT2D eigenvalue weighted by Gasteiger charge is 2.12. The van der Waals surface area contributed by atoms with Crippen LogP contribution < -0.4 is 10.1 Å². The number of aromatic nitrogens is 2. The topological polar surface area (TPSA) is 56.2 Å². The lowest BCUT2D eigenvalue weighted by molar-refractivity contribution is 0.0921. The summed E-state index contributed by atoms with van der Waals surface area (Å²) in [6.45, 7) is 3.97. The Bertz CT molecular complexity index is 578. The van der Waals surface area contributed by atoms with Gasteiger partial charge in [0.15, 0.2) is 6.73 Å². The Morgan fingerprint density at radius 2 is 2.05 bits per heavy atom. The third kappa shape index (κ3) is 3.74. The van der Waals surface area contributed by atoms with Crippen LogP contribution in [0.2, 0.25) is 5.02 Å². The summed E-state index contributed by atoms with van der Waals surface area (Å²) in [5.41, 5.74) is 0.465. The van der Waals surface area contributed by atoms with Gasteiger partial charge in [-0.15, -0.1) is 0 Å². The maximum Gasteiger partial charge on any atom is 0.269 e. The Kier molecular flexibility index (Phi) is 4.63. The zero-order chi connectivity index (χ0) is 14.5. The summed E-state index contributed by atoms with van der Waals surface area (Å²) < 4.78 is 7.07. The molecule has 5 nitrogen and oxygen atoms in total. The summed E-state index contributed by atoms with van der Waals surface area (Å²) in [6.07, 6.45) is 1.57. The van der Waals surface area contributed by atoms with Gasteiger partial charge in [0, 0.05) is 17.3 Å². The molecule has 0 aliphatic carbocycles. The third-order valence-corrected chi connectivity index (χ3v) is 2.79. The molecule has 2 rings (SSSR count). The minimum atomic E-state index is -0.169. The minimum Gasteiger partial charge on any atom is -0.471 e. The van der Waals surface area contributed by atoms with E-state index in [1.54, 1.807) is 36.5 Å². The summed E-state index contributed by atoms with van der Waals surface area (Å²) in [6, 6.07) is 8.74. The molecule has 1 N–H and O–H groups in total. The molecular formula is C14H16ClN3O2. The highest BCUT2D eigenvalue weighted by Crippen LogP contribution is 2.16. The standard InChI is InChI=1S/C14H16ClN3O2/c1-10(2)17-14(19)13-7-8-16-18(13)9-20-12-5-3-11(15)4-6-12/h3-8,10H,9H2,1-2H3,(H,17,19). The van der Waals surface area contributed by atoms with Crippen LogP contribution in [0.15, 0.2) is 36.5 Å². The Morgan fingerprint density at radius 3 is 2.70 bits per heavy atom. The van der Waals surface area contributed by atoms with Gasteiger partial charge in [-0.3, -0.25) is 4.79 Å². The molecule has 0 bridgehead atoms. The Labute approximate surface area is 122 Å². The number of hydrogen-bond donors (Lipinski definition) is 1. The van der Waals surface area contributed by atoms with Crippen molar-refractivity contribution >= 4 is 17.5 Å². The molecule has 20 heavy (non-hydrogen) atoms. The smallest absolute Gasteiger partial charge is 0.269 e. The Balaban J connectivity index is 2.01. The number of amides is 1. The lowest BCUT2D eigenvalue weighted by atomic mass is 10.3. The van der Waals surface area contributed by atoms with Crippen molar-refractivity contribution in [3.63, 3.8) is 0 Å². The van der Waals surface area contributed by atoms with Crippen molar-refractivity contribution in [1.82, 2.24) is 15.1 Å². The molecule has 0 aliphatic rings. The van der Waals surface area contributed by atoms with E-state index in [2.05, 4.69) is 10.4 Å². The molecule has 6 heteroatoms. The molecule has 2 aromatic rings. The number of nitrogens with one attached hydrogen (secondary N) is 1. The molecule has 0 radical (unpaired) electrons. The van der Waals surface area contributed by atoms with Crippen LogP contribution in [0, 0.1) is 0 Å². The number of nitrogens with zero attached hydrogens (tertiary/aromatic N) is 2. The summed E-state index contributed by atoms with van der Waals surface area (Å²) in [5.74, 6) is 0.498. The fourth-order valence-corrected chi connectivity index (χ4v) is 1.76. The second-order valence-electron chi connectivity index (χ2n) is 4.57. The monoisotopic (exact) mass is 293 g/mol. The molecule has 0 aliphatic heterocycles. The summed E-state index contributed by atoms with van der Waals surface area (Å²) in [4.78, 5) is 11.9. The van der Waals surface area contributed by atoms with Crippen molar-refractivity contribution < 1.29 is 9.53 Å². The summed E-state index contributed by atoms with van der Waals surface area (Å²) in [5, 5.41) is 7.55. The Morgan fingerprint density at radius 1 is 1.35 bits per heavy atom. The van der Waals surface area contributed by atoms with E-state index in [-0.39, 0.29) is 18.7 Å². The fraction of sp³-hybridized carbons (Fsp3) is 0.286. The quantitative estimate of drug-likeness (QED) is 0.922. The largest absolute Gasteiger partial charge is 0.471 e. The molecule has 0 saturated heterocycles. The number of benzene rings is 1. The molecule has 1 aromatic carbocycles. The summed E-state index contributed by atoms with van der Waals surface area (Å²) >= 11 is 5.80. The lowest BCUT2D eigenvalue weighted by Crippen LogP contribution is -2.32. The van der Waals surface area contributed by atoms with Gasteiger partial charge in [-0.05, 0) is 44.2 Å². The molecule has 1 aromatic heterocycles. The van der Waals surface area contributed by atoms with E-state index in [0.717, 1.165) is 0 Å². The summed E-state index contributed by atoms with van der Waals surface area (Å²) in [7, 11) is 0. The normalized spacial score (nSPS) is 10.6. The van der Waals surface area contributed by atoms with Crippen LogP contribution in [0.4, 0.5) is 0 Å². The van der Waals surface area contributed by atoms with Gasteiger partial charge in [0.2, 0.25) is 0 Å². The highest BCUT2D eigenvalue weighted by atomic mass is 35.5. The van der Waals surface area contributed by atoms with Gasteiger partial charge in [0.25, 0.3) is 5.91 Å². The van der Waals surface area contributed by atoms with Crippen LogP contribution in [-0.2, 0) is 6.73 Å². The highest BCUT2D eigenvalue weighted by molar-refractivity contribution is 6.30. The van der Waals surface area contributed by atoms with Gasteiger partial charge in [-0.2, -0.15) is 5.10 Å². The molecule has 106 valence electrons. The SMILES string of the molecule is CC(C)NC(=O)c1ccnn1COc1ccc(Cl)cc1. The number of halogens is 1. The van der Waals surface area contributed by atoms with E-state index in [1.807, 2.05) is 13.8 Å². The van der Waals surface area contributed by atoms with E-state index in [1.165, 1.54) is 4.68 Å². The van der Waals surface area contributed by atoms with Crippen LogP contribution in [0.25, 0.3) is 0 Å². The van der Waals surface area contributed by atoms with E-state index < -0.39 is 0 Å². The van der Waals surface area contributed by atoms with Crippen LogP contribution in [-0.4, -0.2) is 21.7 Å². The molecule has 0 spiro atoms. The van der Waals surface area contributed by atoms with Gasteiger partial charge < -0.3 is 10.1 Å². The third-order valence-electron chi connectivity index (χ3n) is 2.54. The molecule has 0 saturated carbocycles. The average Bonchev–Trinajstić information content (AvgIpc) is 2.86. The molecule has 1 amide bonds. The first kappa shape index (κ1) is 14.4.